The Bertz CT molecular complexity index is 1920. The minimum atomic E-state index is -3.88. The smallest absolute Gasteiger partial charge is 0.365 e. The molecule has 1 amide bonds. The van der Waals surface area contributed by atoms with Gasteiger partial charge in [-0.3, -0.25) is 9.69 Å². The summed E-state index contributed by atoms with van der Waals surface area (Å²) in [5.74, 6) is 0.887. The fraction of sp³-hybridized carbons (Fsp3) is 0.429. The minimum Gasteiger partial charge on any atom is -0.365 e. The molecule has 0 aliphatic carbocycles. The number of para-hydroxylation sites is 2. The molecule has 5 heterocycles. The van der Waals surface area contributed by atoms with Crippen molar-refractivity contribution >= 4 is 32.9 Å². The molecule has 3 aromatic carbocycles. The molecule has 0 radical (unpaired) electrons. The summed E-state index contributed by atoms with van der Waals surface area (Å²) in [6.07, 6.45) is 6.98. The molecular formula is C35H38FN5O4S. The Labute approximate surface area is 268 Å². The number of aryl methyl sites for hydroxylation is 1. The largest absolute Gasteiger partial charge is 0.407 e. The first-order valence-corrected chi connectivity index (χ1v) is 17.7. The lowest BCUT2D eigenvalue weighted by Crippen LogP contribution is -2.49. The lowest BCUT2D eigenvalue weighted by molar-refractivity contribution is 0.0606. The fourth-order valence-electron chi connectivity index (χ4n) is 8.70. The Kier molecular flexibility index (Phi) is 7.10. The minimum absolute atomic E-state index is 0.149. The van der Waals surface area contributed by atoms with E-state index < -0.39 is 10.3 Å². The highest BCUT2D eigenvalue weighted by atomic mass is 32.2. The zero-order valence-corrected chi connectivity index (χ0v) is 26.7. The maximum Gasteiger partial charge on any atom is 0.407 e. The van der Waals surface area contributed by atoms with Gasteiger partial charge in [0.1, 0.15) is 11.6 Å². The third kappa shape index (κ3) is 5.13. The van der Waals surface area contributed by atoms with E-state index in [1.165, 1.54) is 36.6 Å². The fourth-order valence-corrected chi connectivity index (χ4v) is 9.55. The van der Waals surface area contributed by atoms with Crippen molar-refractivity contribution in [2.24, 2.45) is 0 Å². The molecular weight excluding hydrogens is 605 g/mol. The first-order valence-electron chi connectivity index (χ1n) is 16.3. The Morgan fingerprint density at radius 3 is 2.52 bits per heavy atom. The van der Waals surface area contributed by atoms with Gasteiger partial charge in [0.15, 0.2) is 5.75 Å². The van der Waals surface area contributed by atoms with Gasteiger partial charge in [-0.25, -0.2) is 14.1 Å². The van der Waals surface area contributed by atoms with Crippen LogP contribution >= 0.6 is 0 Å². The monoisotopic (exact) mass is 643 g/mol. The van der Waals surface area contributed by atoms with Gasteiger partial charge in [0.2, 0.25) is 0 Å². The maximum absolute atomic E-state index is 14.6. The molecule has 2 bridgehead atoms. The molecule has 4 aromatic rings. The number of fused-ring (bicyclic) bond motifs is 4. The van der Waals surface area contributed by atoms with Gasteiger partial charge in [0.05, 0.1) is 16.7 Å². The van der Waals surface area contributed by atoms with Crippen LogP contribution in [-0.2, 0) is 15.7 Å². The Morgan fingerprint density at radius 2 is 1.76 bits per heavy atom. The van der Waals surface area contributed by atoms with Gasteiger partial charge in [-0.2, -0.15) is 8.42 Å². The molecule has 11 heteroatoms. The summed E-state index contributed by atoms with van der Waals surface area (Å²) in [7, 11) is -3.88. The summed E-state index contributed by atoms with van der Waals surface area (Å²) in [5.41, 5.74) is 3.72. The van der Waals surface area contributed by atoms with Crippen LogP contribution in [0.4, 0.5) is 10.1 Å². The van der Waals surface area contributed by atoms with Crippen molar-refractivity contribution < 1.29 is 21.8 Å². The Balaban J connectivity index is 0.983. The van der Waals surface area contributed by atoms with Crippen LogP contribution in [0.25, 0.3) is 11.0 Å². The molecule has 4 aliphatic heterocycles. The van der Waals surface area contributed by atoms with E-state index in [-0.39, 0.29) is 28.6 Å². The third-order valence-corrected chi connectivity index (χ3v) is 11.8. The van der Waals surface area contributed by atoms with Gasteiger partial charge >= 0.3 is 10.3 Å². The molecule has 8 rings (SSSR count). The maximum atomic E-state index is 14.6. The van der Waals surface area contributed by atoms with Crippen LogP contribution in [0.5, 0.6) is 5.75 Å². The predicted molar refractivity (Wildman–Crippen MR) is 174 cm³/mol. The highest BCUT2D eigenvalue weighted by Crippen LogP contribution is 2.45. The van der Waals surface area contributed by atoms with Gasteiger partial charge in [0, 0.05) is 36.8 Å². The Morgan fingerprint density at radius 1 is 1.00 bits per heavy atom. The van der Waals surface area contributed by atoms with E-state index in [2.05, 4.69) is 45.4 Å². The van der Waals surface area contributed by atoms with E-state index in [1.807, 2.05) is 11.0 Å². The van der Waals surface area contributed by atoms with Crippen molar-refractivity contribution in [2.45, 2.75) is 75.4 Å². The van der Waals surface area contributed by atoms with Crippen molar-refractivity contribution in [3.8, 4) is 5.75 Å². The zero-order valence-electron chi connectivity index (χ0n) is 25.9. The molecule has 4 aliphatic rings. The lowest BCUT2D eigenvalue weighted by Gasteiger charge is -2.45. The number of piperidine rings is 2. The number of likely N-dealkylation sites (tertiary alicyclic amines) is 1. The van der Waals surface area contributed by atoms with Crippen LogP contribution < -0.4 is 8.91 Å². The number of nitrogens with one attached hydrogen (secondary N) is 1. The van der Waals surface area contributed by atoms with Crippen LogP contribution in [0.1, 0.15) is 72.7 Å². The van der Waals surface area contributed by atoms with Crippen LogP contribution in [0.15, 0.2) is 66.7 Å². The van der Waals surface area contributed by atoms with Gasteiger partial charge in [-0.15, -0.1) is 0 Å². The lowest BCUT2D eigenvalue weighted by atomic mass is 9.70. The highest BCUT2D eigenvalue weighted by molar-refractivity contribution is 7.88. The van der Waals surface area contributed by atoms with Crippen LogP contribution in [0, 0.1) is 12.7 Å². The number of anilines is 1. The average molecular weight is 644 g/mol. The first kappa shape index (κ1) is 29.4. The second kappa shape index (κ2) is 11.1. The molecule has 1 aromatic heterocycles. The SMILES string of the molecule is Cc1nc2ccccc2n1C1CC2CCC(C1)N2CCC1(c2cccc(F)c2)CCN(C(=O)c2ccc3c(c2)NS(=O)(=O)O3)CC1. The van der Waals surface area contributed by atoms with E-state index in [0.29, 0.717) is 36.8 Å². The number of imidazole rings is 1. The number of hydrogen-bond acceptors (Lipinski definition) is 6. The normalized spacial score (nSPS) is 24.8. The number of carbonyl (C=O) groups excluding carboxylic acids is 1. The summed E-state index contributed by atoms with van der Waals surface area (Å²) in [4.78, 5) is 22.9. The van der Waals surface area contributed by atoms with Crippen LogP contribution in [0.2, 0.25) is 0 Å². The van der Waals surface area contributed by atoms with E-state index in [9.17, 15) is 17.6 Å². The number of amides is 1. The van der Waals surface area contributed by atoms with E-state index in [1.54, 1.807) is 18.2 Å². The number of rotatable bonds is 6. The predicted octanol–water partition coefficient (Wildman–Crippen LogP) is 5.97. The van der Waals surface area contributed by atoms with Crippen molar-refractivity contribution in [3.63, 3.8) is 0 Å². The van der Waals surface area contributed by atoms with Crippen molar-refractivity contribution in [2.75, 3.05) is 24.4 Å². The molecule has 2 unspecified atom stereocenters. The number of halogens is 1. The van der Waals surface area contributed by atoms with Crippen molar-refractivity contribution in [3.05, 3.63) is 89.5 Å². The second-order valence-corrected chi connectivity index (χ2v) is 14.7. The number of nitrogens with zero attached hydrogens (tertiary/aromatic N) is 4. The summed E-state index contributed by atoms with van der Waals surface area (Å²) >= 11 is 0. The number of benzene rings is 3. The molecule has 3 saturated heterocycles. The first-order chi connectivity index (χ1) is 22.2. The summed E-state index contributed by atoms with van der Waals surface area (Å²) in [6, 6.07) is 21.5. The molecule has 240 valence electrons. The topological polar surface area (TPSA) is 96.8 Å². The molecule has 2 atom stereocenters. The summed E-state index contributed by atoms with van der Waals surface area (Å²) in [6.45, 7) is 4.14. The van der Waals surface area contributed by atoms with Crippen molar-refractivity contribution in [1.82, 2.24) is 19.4 Å². The standard InChI is InChI=1S/C35H38FN5O4S/c1-23-37-30-7-2-3-8-32(30)41(23)29-21-27-10-11-28(22-29)40(27)18-15-35(25-5-4-6-26(36)20-25)13-16-39(17-14-35)34(42)24-9-12-33-31(19-24)38-46(43,44)45-33/h2-9,12,19-20,27-29,38H,10-11,13-18,21-22H2,1H3. The van der Waals surface area contributed by atoms with E-state index in [0.717, 1.165) is 55.6 Å². The second-order valence-electron chi connectivity index (χ2n) is 13.4. The van der Waals surface area contributed by atoms with Crippen LogP contribution in [-0.4, -0.2) is 65.4 Å². The Hall–Kier alpha value is -3.96. The van der Waals surface area contributed by atoms with Gasteiger partial charge < -0.3 is 13.7 Å². The van der Waals surface area contributed by atoms with Gasteiger partial charge in [0.25, 0.3) is 5.91 Å². The van der Waals surface area contributed by atoms with E-state index in [4.69, 9.17) is 9.17 Å². The molecule has 46 heavy (non-hydrogen) atoms. The zero-order chi connectivity index (χ0) is 31.6. The molecule has 9 nitrogen and oxygen atoms in total. The van der Waals surface area contributed by atoms with Crippen LogP contribution in [0.3, 0.4) is 0 Å². The average Bonchev–Trinajstić information content (AvgIpc) is 3.63. The molecule has 0 spiro atoms. The summed E-state index contributed by atoms with van der Waals surface area (Å²) < 4.78 is 47.9. The van der Waals surface area contributed by atoms with Gasteiger partial charge in [-0.05, 0) is 112 Å². The number of aromatic nitrogens is 2. The number of carbonyl (C=O) groups is 1. The number of hydrogen-bond donors (Lipinski definition) is 1. The highest BCUT2D eigenvalue weighted by Gasteiger charge is 2.44. The quantitative estimate of drug-likeness (QED) is 0.278. The molecule has 1 N–H and O–H groups in total. The van der Waals surface area contributed by atoms with Crippen molar-refractivity contribution in [1.29, 1.82) is 0 Å². The molecule has 0 saturated carbocycles. The summed E-state index contributed by atoms with van der Waals surface area (Å²) in [5, 5.41) is 0. The van der Waals surface area contributed by atoms with Gasteiger partial charge in [-0.1, -0.05) is 24.3 Å². The van der Waals surface area contributed by atoms with E-state index >= 15 is 0 Å². The molecule has 3 fully saturated rings. The third-order valence-electron chi connectivity index (χ3n) is 11.0.